The Kier molecular flexibility index (Phi) is 3.78. The summed E-state index contributed by atoms with van der Waals surface area (Å²) in [4.78, 5) is 0. The highest BCUT2D eigenvalue weighted by atomic mass is 16.3. The molecule has 0 bridgehead atoms. The van der Waals surface area contributed by atoms with Crippen LogP contribution in [0, 0.1) is 5.92 Å². The second-order valence-corrected chi connectivity index (χ2v) is 6.04. The third-order valence-corrected chi connectivity index (χ3v) is 4.49. The fraction of sp³-hybridized carbons (Fsp3) is 0.412. The minimum absolute atomic E-state index is 0.222. The van der Waals surface area contributed by atoms with E-state index in [0.717, 1.165) is 24.3 Å². The van der Waals surface area contributed by atoms with E-state index < -0.39 is 0 Å². The molecule has 21 heavy (non-hydrogen) atoms. The molecule has 3 N–H and O–H groups in total. The first kappa shape index (κ1) is 13.9. The van der Waals surface area contributed by atoms with Gasteiger partial charge in [-0.05, 0) is 42.9 Å². The van der Waals surface area contributed by atoms with Crippen molar-refractivity contribution in [2.24, 2.45) is 5.92 Å². The van der Waals surface area contributed by atoms with Gasteiger partial charge in [0.15, 0.2) is 0 Å². The molecule has 1 aliphatic carbocycles. The van der Waals surface area contributed by atoms with E-state index >= 15 is 0 Å². The van der Waals surface area contributed by atoms with E-state index in [0.29, 0.717) is 23.0 Å². The number of aromatic nitrogens is 2. The first-order valence-electron chi connectivity index (χ1n) is 7.56. The molecule has 0 aliphatic heterocycles. The summed E-state index contributed by atoms with van der Waals surface area (Å²) in [5, 5.41) is 18.2. The number of anilines is 1. The maximum Gasteiger partial charge on any atom is 0.149 e. The van der Waals surface area contributed by atoms with Crippen LogP contribution < -0.4 is 5.73 Å². The smallest absolute Gasteiger partial charge is 0.149 e. The summed E-state index contributed by atoms with van der Waals surface area (Å²) in [6.45, 7) is 2.30. The number of nitrogens with zero attached hydrogens (tertiary/aromatic N) is 2. The molecule has 0 saturated heterocycles. The lowest BCUT2D eigenvalue weighted by Gasteiger charge is -2.27. The molecule has 0 amide bonds. The minimum atomic E-state index is 0.222. The van der Waals surface area contributed by atoms with Gasteiger partial charge < -0.3 is 10.8 Å². The molecule has 1 heterocycles. The Labute approximate surface area is 125 Å². The van der Waals surface area contributed by atoms with E-state index in [-0.39, 0.29) is 5.75 Å². The van der Waals surface area contributed by atoms with Crippen molar-refractivity contribution < 1.29 is 5.11 Å². The van der Waals surface area contributed by atoms with Crippen molar-refractivity contribution in [3.8, 4) is 17.0 Å². The molecule has 4 heteroatoms. The van der Waals surface area contributed by atoms with Gasteiger partial charge in [-0.1, -0.05) is 31.9 Å². The number of phenols is 1. The zero-order chi connectivity index (χ0) is 14.8. The van der Waals surface area contributed by atoms with Crippen LogP contribution in [0.1, 0.15) is 44.1 Å². The Morgan fingerprint density at radius 1 is 1.10 bits per heavy atom. The summed E-state index contributed by atoms with van der Waals surface area (Å²) >= 11 is 0. The third kappa shape index (κ3) is 2.84. The van der Waals surface area contributed by atoms with Crippen molar-refractivity contribution in [3.63, 3.8) is 0 Å². The summed E-state index contributed by atoms with van der Waals surface area (Å²) in [5.74, 6) is 2.00. The highest BCUT2D eigenvalue weighted by Gasteiger charge is 2.23. The average molecular weight is 283 g/mol. The minimum Gasteiger partial charge on any atom is -0.507 e. The molecule has 2 aromatic rings. The first-order valence-corrected chi connectivity index (χ1v) is 7.56. The molecule has 0 atom stereocenters. The van der Waals surface area contributed by atoms with Gasteiger partial charge in [-0.15, -0.1) is 10.2 Å². The van der Waals surface area contributed by atoms with Gasteiger partial charge in [0.05, 0.1) is 5.69 Å². The molecule has 3 rings (SSSR count). The molecule has 110 valence electrons. The van der Waals surface area contributed by atoms with Gasteiger partial charge in [-0.3, -0.25) is 0 Å². The van der Waals surface area contributed by atoms with Crippen LogP contribution >= 0.6 is 0 Å². The van der Waals surface area contributed by atoms with Crippen LogP contribution in [0.2, 0.25) is 0 Å². The van der Waals surface area contributed by atoms with Gasteiger partial charge in [-0.25, -0.2) is 0 Å². The number of aromatic hydroxyl groups is 1. The average Bonchev–Trinajstić information content (AvgIpc) is 2.50. The van der Waals surface area contributed by atoms with Crippen LogP contribution in [-0.4, -0.2) is 15.3 Å². The SMILES string of the molecule is C[C@H]1CC[C@H](c2cc(-c3ccccc3O)nnc2N)CC1. The Balaban J connectivity index is 1.95. The van der Waals surface area contributed by atoms with E-state index in [1.807, 2.05) is 18.2 Å². The van der Waals surface area contributed by atoms with Gasteiger partial charge in [0.2, 0.25) is 0 Å². The molecular formula is C17H21N3O. The van der Waals surface area contributed by atoms with Crippen LogP contribution in [0.25, 0.3) is 11.3 Å². The van der Waals surface area contributed by atoms with E-state index in [1.165, 1.54) is 12.8 Å². The number of para-hydroxylation sites is 1. The number of hydrogen-bond donors (Lipinski definition) is 2. The number of rotatable bonds is 2. The molecule has 0 spiro atoms. The lowest BCUT2D eigenvalue weighted by atomic mass is 9.79. The van der Waals surface area contributed by atoms with Crippen LogP contribution in [0.3, 0.4) is 0 Å². The van der Waals surface area contributed by atoms with Crippen LogP contribution in [-0.2, 0) is 0 Å². The van der Waals surface area contributed by atoms with Crippen molar-refractivity contribution >= 4 is 5.82 Å². The van der Waals surface area contributed by atoms with Gasteiger partial charge in [0, 0.05) is 11.1 Å². The van der Waals surface area contributed by atoms with E-state index in [4.69, 9.17) is 5.73 Å². The summed E-state index contributed by atoms with van der Waals surface area (Å²) in [5.41, 5.74) is 8.51. The van der Waals surface area contributed by atoms with Crippen molar-refractivity contribution in [2.45, 2.75) is 38.5 Å². The summed E-state index contributed by atoms with van der Waals surface area (Å²) in [7, 11) is 0. The normalized spacial score (nSPS) is 22.1. The molecule has 1 aromatic carbocycles. The highest BCUT2D eigenvalue weighted by Crippen LogP contribution is 2.38. The zero-order valence-electron chi connectivity index (χ0n) is 12.3. The number of benzene rings is 1. The van der Waals surface area contributed by atoms with Crippen molar-refractivity contribution in [1.82, 2.24) is 10.2 Å². The Morgan fingerprint density at radius 2 is 1.81 bits per heavy atom. The maximum absolute atomic E-state index is 9.97. The zero-order valence-corrected chi connectivity index (χ0v) is 12.3. The standard InChI is InChI=1S/C17H21N3O/c1-11-6-8-12(9-7-11)14-10-15(19-20-17(14)18)13-4-2-3-5-16(13)21/h2-5,10-12,21H,6-9H2,1H3,(H2,18,20)/t11-,12-. The molecule has 1 aliphatic rings. The maximum atomic E-state index is 9.97. The molecule has 1 aromatic heterocycles. The quantitative estimate of drug-likeness (QED) is 0.881. The van der Waals surface area contributed by atoms with Crippen LogP contribution in [0.4, 0.5) is 5.82 Å². The fourth-order valence-corrected chi connectivity index (χ4v) is 3.14. The second-order valence-electron chi connectivity index (χ2n) is 6.04. The van der Waals surface area contributed by atoms with Gasteiger partial charge in [-0.2, -0.15) is 0 Å². The summed E-state index contributed by atoms with van der Waals surface area (Å²) in [6.07, 6.45) is 4.77. The first-order chi connectivity index (χ1) is 10.1. The Hall–Kier alpha value is -2.10. The summed E-state index contributed by atoms with van der Waals surface area (Å²) < 4.78 is 0. The number of nitrogen functional groups attached to an aromatic ring is 1. The fourth-order valence-electron chi connectivity index (χ4n) is 3.14. The van der Waals surface area contributed by atoms with Crippen LogP contribution in [0.5, 0.6) is 5.75 Å². The molecular weight excluding hydrogens is 262 g/mol. The topological polar surface area (TPSA) is 72.0 Å². The Bertz CT molecular complexity index is 634. The number of phenolic OH excluding ortho intramolecular Hbond substituents is 1. The molecule has 1 saturated carbocycles. The number of hydrogen-bond acceptors (Lipinski definition) is 4. The van der Waals surface area contributed by atoms with Gasteiger partial charge in [0.1, 0.15) is 11.6 Å². The lowest BCUT2D eigenvalue weighted by Crippen LogP contribution is -2.13. The monoisotopic (exact) mass is 283 g/mol. The van der Waals surface area contributed by atoms with Gasteiger partial charge >= 0.3 is 0 Å². The van der Waals surface area contributed by atoms with E-state index in [9.17, 15) is 5.11 Å². The molecule has 0 unspecified atom stereocenters. The van der Waals surface area contributed by atoms with Crippen LogP contribution in [0.15, 0.2) is 30.3 Å². The lowest BCUT2D eigenvalue weighted by molar-refractivity contribution is 0.348. The van der Waals surface area contributed by atoms with E-state index in [2.05, 4.69) is 17.1 Å². The molecule has 1 fully saturated rings. The largest absolute Gasteiger partial charge is 0.507 e. The van der Waals surface area contributed by atoms with E-state index in [1.54, 1.807) is 12.1 Å². The Morgan fingerprint density at radius 3 is 2.52 bits per heavy atom. The predicted octanol–water partition coefficient (Wildman–Crippen LogP) is 3.73. The number of nitrogens with two attached hydrogens (primary N) is 1. The van der Waals surface area contributed by atoms with Crippen molar-refractivity contribution in [3.05, 3.63) is 35.9 Å². The second kappa shape index (κ2) is 5.72. The molecule has 4 nitrogen and oxygen atoms in total. The highest BCUT2D eigenvalue weighted by molar-refractivity contribution is 5.67. The third-order valence-electron chi connectivity index (χ3n) is 4.49. The summed E-state index contributed by atoms with van der Waals surface area (Å²) in [6, 6.07) is 9.19. The van der Waals surface area contributed by atoms with Crippen molar-refractivity contribution in [1.29, 1.82) is 0 Å². The molecule has 0 radical (unpaired) electrons. The van der Waals surface area contributed by atoms with Gasteiger partial charge in [0.25, 0.3) is 0 Å². The predicted molar refractivity (Wildman–Crippen MR) is 83.9 cm³/mol. The van der Waals surface area contributed by atoms with Crippen molar-refractivity contribution in [2.75, 3.05) is 5.73 Å².